The summed E-state index contributed by atoms with van der Waals surface area (Å²) in [6, 6.07) is 6.83. The summed E-state index contributed by atoms with van der Waals surface area (Å²) in [5.41, 5.74) is 0.314. The molecular formula is C11H15O2P. The molecule has 0 radical (unpaired) electrons. The second-order valence-corrected chi connectivity index (χ2v) is 3.92. The Balaban J connectivity index is 0.000000791. The first-order valence-corrected chi connectivity index (χ1v) is 6.07. The molecule has 0 atom stereocenters. The van der Waals surface area contributed by atoms with Crippen molar-refractivity contribution in [3.8, 4) is 0 Å². The summed E-state index contributed by atoms with van der Waals surface area (Å²) < 4.78 is 0. The quantitative estimate of drug-likeness (QED) is 0.761. The zero-order chi connectivity index (χ0) is 11.1. The Labute approximate surface area is 85.2 Å². The fourth-order valence-corrected chi connectivity index (χ4v) is 1.74. The third-order valence-electron chi connectivity index (χ3n) is 1.48. The minimum absolute atomic E-state index is 0.314. The van der Waals surface area contributed by atoms with Crippen LogP contribution < -0.4 is 5.30 Å². The number of benzene rings is 1. The Bertz CT molecular complexity index is 371. The van der Waals surface area contributed by atoms with Crippen molar-refractivity contribution >= 4 is 31.0 Å². The van der Waals surface area contributed by atoms with Gasteiger partial charge in [-0.3, -0.25) is 0 Å². The maximum absolute atomic E-state index is 10.7. The fourth-order valence-electron chi connectivity index (χ4n) is 0.930. The van der Waals surface area contributed by atoms with Gasteiger partial charge in [-0.2, -0.15) is 0 Å². The molecule has 0 heterocycles. The van der Waals surface area contributed by atoms with E-state index in [9.17, 15) is 4.79 Å². The van der Waals surface area contributed by atoms with Gasteiger partial charge >= 0.3 is 5.97 Å². The zero-order valence-corrected chi connectivity index (χ0v) is 9.42. The van der Waals surface area contributed by atoms with Gasteiger partial charge in [0.2, 0.25) is 0 Å². The van der Waals surface area contributed by atoms with E-state index in [0.717, 1.165) is 5.30 Å². The topological polar surface area (TPSA) is 37.3 Å². The number of carbonyl (C=O) groups is 1. The summed E-state index contributed by atoms with van der Waals surface area (Å²) in [5, 5.41) is 9.51. The Hall–Kier alpha value is -1.27. The van der Waals surface area contributed by atoms with Crippen molar-refractivity contribution in [1.29, 1.82) is 0 Å². The molecule has 1 aromatic carbocycles. The summed E-state index contributed by atoms with van der Waals surface area (Å²) >= 11 is 0. The Morgan fingerprint density at radius 1 is 1.29 bits per heavy atom. The Morgan fingerprint density at radius 3 is 2.14 bits per heavy atom. The highest BCUT2D eigenvalue weighted by molar-refractivity contribution is 7.62. The second kappa shape index (κ2) is 6.22. The molecule has 76 valence electrons. The van der Waals surface area contributed by atoms with Crippen LogP contribution in [0.2, 0.25) is 0 Å². The van der Waals surface area contributed by atoms with Crippen molar-refractivity contribution in [2.24, 2.45) is 0 Å². The lowest BCUT2D eigenvalue weighted by atomic mass is 10.2. The van der Waals surface area contributed by atoms with E-state index in [2.05, 4.69) is 12.6 Å². The first-order valence-electron chi connectivity index (χ1n) is 4.36. The average Bonchev–Trinajstić information content (AvgIpc) is 2.20. The molecule has 0 aromatic heterocycles. The predicted molar refractivity (Wildman–Crippen MR) is 65.5 cm³/mol. The van der Waals surface area contributed by atoms with E-state index in [0.29, 0.717) is 5.56 Å². The van der Waals surface area contributed by atoms with Crippen molar-refractivity contribution in [3.63, 3.8) is 0 Å². The van der Waals surface area contributed by atoms with Gasteiger partial charge in [0.05, 0.1) is 5.56 Å². The van der Waals surface area contributed by atoms with Crippen molar-refractivity contribution < 1.29 is 9.90 Å². The predicted octanol–water partition coefficient (Wildman–Crippen LogP) is 2.38. The van der Waals surface area contributed by atoms with Gasteiger partial charge in [-0.1, -0.05) is 38.6 Å². The number of carboxylic acid groups (broad SMARTS) is 1. The van der Waals surface area contributed by atoms with Gasteiger partial charge in [-0.15, -0.1) is 7.17 Å². The highest BCUT2D eigenvalue weighted by atomic mass is 31.1. The van der Waals surface area contributed by atoms with Gasteiger partial charge in [-0.25, -0.2) is 4.79 Å². The third kappa shape index (κ3) is 3.23. The fraction of sp³-hybridized carbons (Fsp3) is 0.182. The maximum Gasteiger partial charge on any atom is 0.336 e. The lowest BCUT2D eigenvalue weighted by molar-refractivity contribution is 0.0698. The number of aromatic carboxylic acids is 1. The van der Waals surface area contributed by atoms with Crippen LogP contribution >= 0.6 is 7.17 Å². The lowest BCUT2D eigenvalue weighted by Crippen LogP contribution is -2.09. The SMILES string of the molecule is C=P(=C)c1ccccc1C(=O)O.CC. The molecular weight excluding hydrogens is 195 g/mol. The summed E-state index contributed by atoms with van der Waals surface area (Å²) in [7, 11) is -0.830. The number of hydrogen-bond acceptors (Lipinski definition) is 1. The van der Waals surface area contributed by atoms with Crippen molar-refractivity contribution in [3.05, 3.63) is 29.8 Å². The van der Waals surface area contributed by atoms with E-state index in [1.54, 1.807) is 24.3 Å². The minimum atomic E-state index is -0.912. The van der Waals surface area contributed by atoms with Crippen LogP contribution in [0.1, 0.15) is 24.2 Å². The molecule has 2 nitrogen and oxygen atoms in total. The first-order chi connectivity index (χ1) is 6.63. The van der Waals surface area contributed by atoms with Gasteiger partial charge in [0, 0.05) is 5.30 Å². The van der Waals surface area contributed by atoms with E-state index in [-0.39, 0.29) is 0 Å². The lowest BCUT2D eigenvalue weighted by Gasteiger charge is -1.99. The monoisotopic (exact) mass is 210 g/mol. The van der Waals surface area contributed by atoms with E-state index >= 15 is 0 Å². The highest BCUT2D eigenvalue weighted by Gasteiger charge is 2.06. The summed E-state index contributed by atoms with van der Waals surface area (Å²) in [5.74, 6) is -0.912. The molecule has 1 aromatic rings. The Kier molecular flexibility index (Phi) is 5.66. The van der Waals surface area contributed by atoms with Crippen molar-refractivity contribution in [2.45, 2.75) is 13.8 Å². The van der Waals surface area contributed by atoms with Crippen molar-refractivity contribution in [2.75, 3.05) is 0 Å². The van der Waals surface area contributed by atoms with E-state index in [1.807, 2.05) is 13.8 Å². The smallest absolute Gasteiger partial charge is 0.336 e. The van der Waals surface area contributed by atoms with Gasteiger partial charge in [0.1, 0.15) is 0 Å². The molecule has 0 amide bonds. The molecule has 1 N–H and O–H groups in total. The molecule has 0 fully saturated rings. The van der Waals surface area contributed by atoms with Crippen LogP contribution in [0, 0.1) is 0 Å². The van der Waals surface area contributed by atoms with Gasteiger partial charge in [0.25, 0.3) is 0 Å². The maximum atomic E-state index is 10.7. The molecule has 1 rings (SSSR count). The number of hydrogen-bond donors (Lipinski definition) is 1. The summed E-state index contributed by atoms with van der Waals surface area (Å²) in [6.07, 6.45) is 7.48. The number of carboxylic acids is 1. The van der Waals surface area contributed by atoms with E-state index in [1.165, 1.54) is 0 Å². The summed E-state index contributed by atoms with van der Waals surface area (Å²) in [4.78, 5) is 10.7. The van der Waals surface area contributed by atoms with Crippen LogP contribution in [-0.4, -0.2) is 23.7 Å². The van der Waals surface area contributed by atoms with Crippen molar-refractivity contribution in [1.82, 2.24) is 0 Å². The van der Waals surface area contributed by atoms with Gasteiger partial charge < -0.3 is 5.11 Å². The first kappa shape index (κ1) is 12.7. The zero-order valence-electron chi connectivity index (χ0n) is 8.53. The van der Waals surface area contributed by atoms with Crippen LogP contribution in [0.15, 0.2) is 24.3 Å². The second-order valence-electron chi connectivity index (χ2n) is 2.36. The molecule has 0 unspecified atom stereocenters. The molecule has 0 bridgehead atoms. The number of rotatable bonds is 2. The van der Waals surface area contributed by atoms with Crippen LogP contribution in [0.3, 0.4) is 0 Å². The molecule has 0 spiro atoms. The van der Waals surface area contributed by atoms with Gasteiger partial charge in [0.15, 0.2) is 0 Å². The molecule has 0 aliphatic heterocycles. The molecule has 3 heteroatoms. The molecule has 0 saturated heterocycles. The molecule has 0 saturated carbocycles. The van der Waals surface area contributed by atoms with Crippen LogP contribution in [0.5, 0.6) is 0 Å². The van der Waals surface area contributed by atoms with Gasteiger partial charge in [-0.05, 0) is 12.1 Å². The standard InChI is InChI=1S/C9H9O2P.C2H6/c1-12(2)8-6-4-3-5-7(8)9(10)11;1-2/h3-6H,1-2H2,(H,10,11);1-2H3. The van der Waals surface area contributed by atoms with E-state index < -0.39 is 13.1 Å². The molecule has 0 aliphatic carbocycles. The minimum Gasteiger partial charge on any atom is -0.478 e. The highest BCUT2D eigenvalue weighted by Crippen LogP contribution is 2.07. The van der Waals surface area contributed by atoms with Crippen LogP contribution in [-0.2, 0) is 0 Å². The third-order valence-corrected chi connectivity index (χ3v) is 2.55. The largest absolute Gasteiger partial charge is 0.478 e. The molecule has 0 aliphatic rings. The summed E-state index contributed by atoms with van der Waals surface area (Å²) in [6.45, 7) is 4.00. The van der Waals surface area contributed by atoms with Crippen LogP contribution in [0.25, 0.3) is 0 Å². The Morgan fingerprint density at radius 2 is 1.79 bits per heavy atom. The average molecular weight is 210 g/mol. The molecule has 14 heavy (non-hydrogen) atoms. The normalized spacial score (nSPS) is 8.43. The van der Waals surface area contributed by atoms with E-state index in [4.69, 9.17) is 5.11 Å². The van der Waals surface area contributed by atoms with Crippen LogP contribution in [0.4, 0.5) is 0 Å².